The molecule has 0 radical (unpaired) electrons. The van der Waals surface area contributed by atoms with E-state index < -0.39 is 12.1 Å². The molecule has 1 heterocycles. The molecule has 7 nitrogen and oxygen atoms in total. The molecular formula is C14H16N2O5. The molecule has 1 aromatic carbocycles. The minimum Gasteiger partial charge on any atom is -0.478 e. The lowest BCUT2D eigenvalue weighted by Gasteiger charge is -2.13. The molecule has 2 rings (SSSR count). The monoisotopic (exact) mass is 292 g/mol. The normalized spacial score (nSPS) is 17.3. The minimum atomic E-state index is -1.19. The molecule has 1 fully saturated rings. The van der Waals surface area contributed by atoms with Gasteiger partial charge in [-0.3, -0.25) is 9.59 Å². The topological polar surface area (TPSA) is 105 Å². The van der Waals surface area contributed by atoms with E-state index in [4.69, 9.17) is 4.74 Å². The van der Waals surface area contributed by atoms with Crippen molar-refractivity contribution in [2.45, 2.75) is 25.9 Å². The van der Waals surface area contributed by atoms with E-state index in [1.165, 1.54) is 25.1 Å². The largest absolute Gasteiger partial charge is 0.478 e. The van der Waals surface area contributed by atoms with Crippen LogP contribution in [-0.4, -0.2) is 35.6 Å². The van der Waals surface area contributed by atoms with Gasteiger partial charge < -0.3 is 20.5 Å². The molecule has 112 valence electrons. The van der Waals surface area contributed by atoms with Gasteiger partial charge in [-0.1, -0.05) is 0 Å². The van der Waals surface area contributed by atoms with E-state index in [0.717, 1.165) is 6.42 Å². The lowest BCUT2D eigenvalue weighted by Crippen LogP contribution is -2.27. The Morgan fingerprint density at radius 1 is 1.29 bits per heavy atom. The van der Waals surface area contributed by atoms with Gasteiger partial charge in [-0.15, -0.1) is 0 Å². The van der Waals surface area contributed by atoms with Crippen LogP contribution < -0.4 is 10.6 Å². The Labute approximate surface area is 121 Å². The zero-order valence-electron chi connectivity index (χ0n) is 11.5. The zero-order chi connectivity index (χ0) is 15.4. The number of carbonyl (C=O) groups is 3. The molecule has 7 heteroatoms. The fourth-order valence-electron chi connectivity index (χ4n) is 2.11. The summed E-state index contributed by atoms with van der Waals surface area (Å²) >= 11 is 0. The maximum Gasteiger partial charge on any atom is 0.337 e. The predicted molar refractivity (Wildman–Crippen MR) is 75.3 cm³/mol. The number of anilines is 2. The van der Waals surface area contributed by atoms with E-state index >= 15 is 0 Å². The van der Waals surface area contributed by atoms with Crippen LogP contribution in [0.4, 0.5) is 11.4 Å². The summed E-state index contributed by atoms with van der Waals surface area (Å²) < 4.78 is 5.25. The number of rotatable bonds is 4. The Morgan fingerprint density at radius 2 is 2.05 bits per heavy atom. The van der Waals surface area contributed by atoms with E-state index in [-0.39, 0.29) is 23.1 Å². The predicted octanol–water partition coefficient (Wildman–Crippen LogP) is 1.46. The Bertz CT molecular complexity index is 579. The quantitative estimate of drug-likeness (QED) is 0.779. The van der Waals surface area contributed by atoms with Gasteiger partial charge in [0, 0.05) is 19.2 Å². The zero-order valence-corrected chi connectivity index (χ0v) is 11.5. The first-order valence-electron chi connectivity index (χ1n) is 6.55. The molecule has 0 saturated carbocycles. The van der Waals surface area contributed by atoms with Gasteiger partial charge >= 0.3 is 5.97 Å². The van der Waals surface area contributed by atoms with Crippen molar-refractivity contribution in [2.24, 2.45) is 0 Å². The van der Waals surface area contributed by atoms with E-state index in [9.17, 15) is 19.5 Å². The fourth-order valence-corrected chi connectivity index (χ4v) is 2.11. The Morgan fingerprint density at radius 3 is 2.62 bits per heavy atom. The first-order valence-corrected chi connectivity index (χ1v) is 6.55. The SMILES string of the molecule is CC(=O)Nc1ccc(NC(=O)[C@H]2CCCO2)c(C(=O)O)c1. The second-order valence-corrected chi connectivity index (χ2v) is 4.74. The summed E-state index contributed by atoms with van der Waals surface area (Å²) in [5.74, 6) is -1.85. The average molecular weight is 292 g/mol. The number of amides is 2. The third-order valence-corrected chi connectivity index (χ3v) is 3.05. The van der Waals surface area contributed by atoms with Crippen LogP contribution in [0.1, 0.15) is 30.1 Å². The molecule has 0 spiro atoms. The van der Waals surface area contributed by atoms with Gasteiger partial charge in [0.2, 0.25) is 5.91 Å². The van der Waals surface area contributed by atoms with E-state index in [1.54, 1.807) is 0 Å². The van der Waals surface area contributed by atoms with Crippen molar-refractivity contribution >= 4 is 29.2 Å². The van der Waals surface area contributed by atoms with E-state index in [2.05, 4.69) is 10.6 Å². The van der Waals surface area contributed by atoms with Gasteiger partial charge in [0.05, 0.1) is 11.3 Å². The molecular weight excluding hydrogens is 276 g/mol. The van der Waals surface area contributed by atoms with Crippen LogP contribution >= 0.6 is 0 Å². The molecule has 1 aromatic rings. The summed E-state index contributed by atoms with van der Waals surface area (Å²) in [5.41, 5.74) is 0.444. The molecule has 0 aliphatic carbocycles. The number of carboxylic acid groups (broad SMARTS) is 1. The van der Waals surface area contributed by atoms with Crippen molar-refractivity contribution < 1.29 is 24.2 Å². The molecule has 2 amide bonds. The van der Waals surface area contributed by atoms with E-state index in [0.29, 0.717) is 18.7 Å². The smallest absolute Gasteiger partial charge is 0.337 e. The molecule has 0 aromatic heterocycles. The summed E-state index contributed by atoms with van der Waals surface area (Å²) in [4.78, 5) is 34.2. The van der Waals surface area contributed by atoms with Crippen molar-refractivity contribution in [1.82, 2.24) is 0 Å². The van der Waals surface area contributed by atoms with Crippen molar-refractivity contribution in [3.8, 4) is 0 Å². The number of benzene rings is 1. The lowest BCUT2D eigenvalue weighted by atomic mass is 10.1. The van der Waals surface area contributed by atoms with Crippen LogP contribution in [0.5, 0.6) is 0 Å². The molecule has 21 heavy (non-hydrogen) atoms. The molecule has 0 unspecified atom stereocenters. The number of carboxylic acids is 1. The lowest BCUT2D eigenvalue weighted by molar-refractivity contribution is -0.124. The summed E-state index contributed by atoms with van der Waals surface area (Å²) in [6, 6.07) is 4.27. The molecule has 0 bridgehead atoms. The molecule has 1 aliphatic rings. The standard InChI is InChI=1S/C14H16N2O5/c1-8(17)15-9-4-5-11(10(7-9)14(19)20)16-13(18)12-3-2-6-21-12/h4-5,7,12H,2-3,6H2,1H3,(H,15,17)(H,16,18)(H,19,20)/t12-/m1/s1. The van der Waals surface area contributed by atoms with Crippen LogP contribution in [0, 0.1) is 0 Å². The Kier molecular flexibility index (Phi) is 4.54. The van der Waals surface area contributed by atoms with Crippen LogP contribution in [0.2, 0.25) is 0 Å². The highest BCUT2D eigenvalue weighted by Gasteiger charge is 2.25. The summed E-state index contributed by atoms with van der Waals surface area (Å²) in [6.07, 6.45) is 0.894. The van der Waals surface area contributed by atoms with Gasteiger partial charge in [-0.25, -0.2) is 4.79 Å². The van der Waals surface area contributed by atoms with Gasteiger partial charge in [-0.2, -0.15) is 0 Å². The van der Waals surface area contributed by atoms with Gasteiger partial charge in [0.1, 0.15) is 6.10 Å². The van der Waals surface area contributed by atoms with Crippen LogP contribution in [0.3, 0.4) is 0 Å². The van der Waals surface area contributed by atoms with Crippen LogP contribution in [0.25, 0.3) is 0 Å². The van der Waals surface area contributed by atoms with Crippen molar-refractivity contribution in [2.75, 3.05) is 17.2 Å². The fraction of sp³-hybridized carbons (Fsp3) is 0.357. The molecule has 1 saturated heterocycles. The molecule has 1 atom stereocenters. The third-order valence-electron chi connectivity index (χ3n) is 3.05. The number of hydrogen-bond acceptors (Lipinski definition) is 4. The second kappa shape index (κ2) is 6.36. The molecule has 1 aliphatic heterocycles. The van der Waals surface area contributed by atoms with Crippen LogP contribution in [0.15, 0.2) is 18.2 Å². The summed E-state index contributed by atoms with van der Waals surface area (Å²) in [5, 5.41) is 14.3. The second-order valence-electron chi connectivity index (χ2n) is 4.74. The van der Waals surface area contributed by atoms with Crippen molar-refractivity contribution in [3.05, 3.63) is 23.8 Å². The summed E-state index contributed by atoms with van der Waals surface area (Å²) in [6.45, 7) is 1.86. The number of hydrogen-bond donors (Lipinski definition) is 3. The molecule has 3 N–H and O–H groups in total. The van der Waals surface area contributed by atoms with Crippen molar-refractivity contribution in [1.29, 1.82) is 0 Å². The third kappa shape index (κ3) is 3.79. The van der Waals surface area contributed by atoms with Gasteiger partial charge in [0.25, 0.3) is 5.91 Å². The summed E-state index contributed by atoms with van der Waals surface area (Å²) in [7, 11) is 0. The number of ether oxygens (including phenoxy) is 1. The highest BCUT2D eigenvalue weighted by atomic mass is 16.5. The maximum absolute atomic E-state index is 12.0. The van der Waals surface area contributed by atoms with Gasteiger partial charge in [-0.05, 0) is 31.0 Å². The first kappa shape index (κ1) is 15.0. The van der Waals surface area contributed by atoms with Crippen molar-refractivity contribution in [3.63, 3.8) is 0 Å². The minimum absolute atomic E-state index is 0.0902. The van der Waals surface area contributed by atoms with Crippen LogP contribution in [-0.2, 0) is 14.3 Å². The highest BCUT2D eigenvalue weighted by Crippen LogP contribution is 2.22. The Hall–Kier alpha value is -2.41. The first-order chi connectivity index (χ1) is 9.97. The number of aromatic carboxylic acids is 1. The highest BCUT2D eigenvalue weighted by molar-refractivity contribution is 6.03. The van der Waals surface area contributed by atoms with Gasteiger partial charge in [0.15, 0.2) is 0 Å². The number of nitrogens with one attached hydrogen (secondary N) is 2. The number of carbonyl (C=O) groups excluding carboxylic acids is 2. The van der Waals surface area contributed by atoms with E-state index in [1.807, 2.05) is 0 Å². The average Bonchev–Trinajstić information content (AvgIpc) is 2.93. The Balaban J connectivity index is 2.19. The maximum atomic E-state index is 12.0.